The summed E-state index contributed by atoms with van der Waals surface area (Å²) in [4.78, 5) is 0. The van der Waals surface area contributed by atoms with Crippen LogP contribution in [0.25, 0.3) is 24.3 Å². The third-order valence-electron chi connectivity index (χ3n) is 11.3. The maximum absolute atomic E-state index is 6.43. The van der Waals surface area contributed by atoms with Crippen LogP contribution in [0.15, 0.2) is 205 Å². The molecule has 308 valence electrons. The van der Waals surface area contributed by atoms with E-state index in [0.717, 1.165) is 124 Å². The van der Waals surface area contributed by atoms with Crippen molar-refractivity contribution < 1.29 is 17.7 Å². The molecule has 4 nitrogen and oxygen atoms in total. The first kappa shape index (κ1) is 40.6. The minimum atomic E-state index is 0.765. The lowest BCUT2D eigenvalue weighted by Gasteiger charge is -1.89. The zero-order valence-corrected chi connectivity index (χ0v) is 40.0. The van der Waals surface area contributed by atoms with E-state index in [1.54, 1.807) is 0 Å². The average Bonchev–Trinajstić information content (AvgIpc) is 4.13. The lowest BCUT2D eigenvalue weighted by molar-refractivity contribution is 0.505. The monoisotopic (exact) mass is 1080 g/mol. The van der Waals surface area contributed by atoms with Gasteiger partial charge in [-0.3, -0.25) is 0 Å². The Bertz CT molecular complexity index is 3900. The molecule has 10 aromatic rings. The maximum atomic E-state index is 6.43. The van der Waals surface area contributed by atoms with Gasteiger partial charge in [0.2, 0.25) is 0 Å². The van der Waals surface area contributed by atoms with Gasteiger partial charge in [-0.25, -0.2) is 0 Å². The summed E-state index contributed by atoms with van der Waals surface area (Å²) in [6, 6.07) is 58.0. The van der Waals surface area contributed by atoms with Crippen LogP contribution in [-0.4, -0.2) is 0 Å². The van der Waals surface area contributed by atoms with E-state index in [4.69, 9.17) is 17.7 Å². The molecule has 64 heavy (non-hydrogen) atoms. The van der Waals surface area contributed by atoms with Crippen LogP contribution in [0.4, 0.5) is 0 Å². The predicted octanol–water partition coefficient (Wildman–Crippen LogP) is 12.2. The Morgan fingerprint density at radius 2 is 0.391 bits per heavy atom. The van der Waals surface area contributed by atoms with Crippen molar-refractivity contribution in [1.29, 1.82) is 0 Å². The van der Waals surface area contributed by atoms with Gasteiger partial charge < -0.3 is 17.7 Å². The fourth-order valence-electron chi connectivity index (χ4n) is 7.80. The van der Waals surface area contributed by atoms with Gasteiger partial charge in [0.15, 0.2) is 0 Å². The fraction of sp³-hybridized carbons (Fsp3) is 0. The van der Waals surface area contributed by atoms with Crippen LogP contribution in [0.5, 0.6) is 0 Å². The van der Waals surface area contributed by atoms with Gasteiger partial charge in [0.1, 0.15) is 43.3 Å². The van der Waals surface area contributed by atoms with E-state index in [9.17, 15) is 0 Å². The number of benzene rings is 6. The Labute approximate surface area is 396 Å². The number of rotatable bonds is 0. The molecule has 0 radical (unpaired) electrons. The van der Waals surface area contributed by atoms with E-state index in [2.05, 4.69) is 234 Å². The van der Waals surface area contributed by atoms with Gasteiger partial charge in [-0.05, 0) is 109 Å². The molecule has 0 fully saturated rings. The third kappa shape index (κ3) is 8.12. The topological polar surface area (TPSA) is 52.6 Å². The molecule has 6 aromatic carbocycles. The lowest BCUT2D eigenvalue weighted by Crippen LogP contribution is -2.00. The molecule has 0 aliphatic carbocycles. The van der Waals surface area contributed by atoms with Gasteiger partial charge >= 0.3 is 0 Å². The third-order valence-corrected chi connectivity index (χ3v) is 13.6. The molecule has 8 heteroatoms. The normalized spacial score (nSPS) is 11.9. The van der Waals surface area contributed by atoms with Crippen LogP contribution in [0.1, 0.15) is 0 Å². The molecule has 10 aliphatic rings. The second-order valence-corrected chi connectivity index (χ2v) is 18.9. The summed E-state index contributed by atoms with van der Waals surface area (Å²) in [5.74, 6) is 0. The molecular formula is C56H32Br4O4. The highest BCUT2D eigenvalue weighted by Gasteiger charge is 2.04. The minimum Gasteiger partial charge on any atom is -0.455 e. The smallest absolute Gasteiger partial charge is 0.148 e. The summed E-state index contributed by atoms with van der Waals surface area (Å²) in [6.07, 6.45) is 8.45. The van der Waals surface area contributed by atoms with Crippen LogP contribution in [0.3, 0.4) is 0 Å². The summed E-state index contributed by atoms with van der Waals surface area (Å²) < 4.78 is 29.3. The summed E-state index contributed by atoms with van der Waals surface area (Å²) >= 11 is 15.0. The molecule has 0 saturated heterocycles. The van der Waals surface area contributed by atoms with Crippen molar-refractivity contribution in [3.05, 3.63) is 294 Å². The Morgan fingerprint density at radius 1 is 0.219 bits per heavy atom. The van der Waals surface area contributed by atoms with Crippen molar-refractivity contribution in [3.63, 3.8) is 0 Å². The van der Waals surface area contributed by atoms with Crippen molar-refractivity contribution >= 4 is 88.0 Å². The van der Waals surface area contributed by atoms with Gasteiger partial charge in [-0.15, -0.1) is 0 Å². The molecule has 14 heterocycles. The second-order valence-electron chi connectivity index (χ2n) is 15.5. The molecule has 0 unspecified atom stereocenters. The Hall–Kier alpha value is -6.16. The first-order chi connectivity index (χ1) is 31.3. The van der Waals surface area contributed by atoms with E-state index in [-0.39, 0.29) is 0 Å². The molecular weight excluding hydrogens is 1060 g/mol. The molecule has 20 bridgehead atoms. The molecule has 0 saturated carbocycles. The van der Waals surface area contributed by atoms with Gasteiger partial charge in [0.05, 0.1) is 17.9 Å². The van der Waals surface area contributed by atoms with Crippen LogP contribution in [-0.2, 0) is 0 Å². The summed E-state index contributed by atoms with van der Waals surface area (Å²) in [5.41, 5.74) is 6.19. The quantitative estimate of drug-likeness (QED) is 0.152. The Balaban J connectivity index is 1.09. The minimum absolute atomic E-state index is 0.765. The molecule has 0 spiro atoms. The van der Waals surface area contributed by atoms with Crippen molar-refractivity contribution in [2.24, 2.45) is 0 Å². The molecule has 0 N–H and O–H groups in total. The van der Waals surface area contributed by atoms with E-state index in [0.29, 0.717) is 0 Å². The highest BCUT2D eigenvalue weighted by Crippen LogP contribution is 2.21. The number of hydrogen-bond acceptors (Lipinski definition) is 4. The van der Waals surface area contributed by atoms with E-state index in [1.165, 1.54) is 0 Å². The fourth-order valence-corrected chi connectivity index (χ4v) is 9.87. The van der Waals surface area contributed by atoms with E-state index >= 15 is 0 Å². The average molecular weight is 1090 g/mol. The Morgan fingerprint density at radius 3 is 0.578 bits per heavy atom. The second kappa shape index (κ2) is 17.1. The predicted molar refractivity (Wildman–Crippen MR) is 262 cm³/mol. The zero-order valence-electron chi connectivity index (χ0n) is 33.6. The summed E-state index contributed by atoms with van der Waals surface area (Å²) in [7, 11) is 0. The van der Waals surface area contributed by atoms with Crippen molar-refractivity contribution in [2.45, 2.75) is 0 Å². The van der Waals surface area contributed by atoms with Gasteiger partial charge in [0, 0.05) is 41.7 Å². The summed E-state index contributed by atoms with van der Waals surface area (Å²) in [6.45, 7) is 0. The molecule has 4 aromatic heterocycles. The van der Waals surface area contributed by atoms with Crippen LogP contribution in [0.2, 0.25) is 0 Å². The number of halogens is 4. The molecule has 10 aliphatic heterocycles. The van der Waals surface area contributed by atoms with Crippen molar-refractivity contribution in [2.75, 3.05) is 0 Å². The van der Waals surface area contributed by atoms with Gasteiger partial charge in [-0.2, -0.15) is 0 Å². The SMILES string of the molecule is Brc1cc2oc1=c1ccc(cc1)=c1oc(cc1Br)=c1ccc(cc1)=CC=c1ccc(cc1)=c1cc(Br)c(o1)=c1ccc(cc1)=c1oc(cc1Br)=c1ccc(cc1)=CC=c1ccc=2cc1. The first-order valence-corrected chi connectivity index (χ1v) is 23.6. The standard InChI is InChI=1S/C56H32Br4O4/c57-45-29-49-37-13-5-33(6-14-37)1-2-34-7-15-38(16-8-34)50-30-46(58)54(62-50)42-25-27-44(28-26-42)56-48(60)32-52(64-56)40-19-11-36(12-20-40)4-3-35-9-17-39(18-10-35)51-31-47(59)55(63-51)43-23-21-41(22-24-43)53(45)61-49/h1-32H. The van der Waals surface area contributed by atoms with Gasteiger partial charge in [0.25, 0.3) is 0 Å². The van der Waals surface area contributed by atoms with E-state index in [1.807, 2.05) is 24.3 Å². The van der Waals surface area contributed by atoms with Gasteiger partial charge in [-0.1, -0.05) is 170 Å². The maximum Gasteiger partial charge on any atom is 0.148 e. The lowest BCUT2D eigenvalue weighted by atomic mass is 10.2. The highest BCUT2D eigenvalue weighted by molar-refractivity contribution is 9.11. The van der Waals surface area contributed by atoms with Crippen LogP contribution in [0, 0.1) is 85.1 Å². The highest BCUT2D eigenvalue weighted by atomic mass is 79.9. The molecule has 20 rings (SSSR count). The first-order valence-electron chi connectivity index (χ1n) is 20.4. The van der Waals surface area contributed by atoms with Crippen molar-refractivity contribution in [1.82, 2.24) is 0 Å². The molecule has 0 atom stereocenters. The van der Waals surface area contributed by atoms with Crippen LogP contribution < -0.4 is 20.9 Å². The summed E-state index contributed by atoms with van der Waals surface area (Å²) in [5, 5.41) is 12.1. The van der Waals surface area contributed by atoms with Crippen molar-refractivity contribution in [3.8, 4) is 0 Å². The van der Waals surface area contributed by atoms with Crippen LogP contribution >= 0.6 is 63.7 Å². The number of furan rings is 4. The van der Waals surface area contributed by atoms with E-state index < -0.39 is 0 Å². The Kier molecular flexibility index (Phi) is 10.8. The number of hydrogen-bond donors (Lipinski definition) is 0. The largest absolute Gasteiger partial charge is 0.455 e. The zero-order chi connectivity index (χ0) is 43.3. The molecule has 0 amide bonds.